The minimum atomic E-state index is -0.726. The first-order chi connectivity index (χ1) is 9.49. The van der Waals surface area contributed by atoms with E-state index in [1.54, 1.807) is 18.3 Å². The van der Waals surface area contributed by atoms with E-state index in [4.69, 9.17) is 5.11 Å². The molecule has 0 spiro atoms. The lowest BCUT2D eigenvalue weighted by molar-refractivity contribution is -0.138. The second-order valence-corrected chi connectivity index (χ2v) is 5.73. The molecule has 3 nitrogen and oxygen atoms in total. The van der Waals surface area contributed by atoms with Crippen molar-refractivity contribution in [1.82, 2.24) is 0 Å². The fourth-order valence-electron chi connectivity index (χ4n) is 2.72. The van der Waals surface area contributed by atoms with Gasteiger partial charge < -0.3 is 5.11 Å². The molecule has 1 aromatic rings. The van der Waals surface area contributed by atoms with Gasteiger partial charge in [-0.15, -0.1) is 0 Å². The lowest BCUT2D eigenvalue weighted by Gasteiger charge is -2.28. The topological polar surface area (TPSA) is 49.7 Å². The molecule has 3 atom stereocenters. The monoisotopic (exact) mass is 273 g/mol. The standard InChI is InChI=1S/C16H16FNO2/c1-16(11-2-4-12(17)5-3-11)7-6-10(9-18-16)13-8-14(13)15(19)20/h2-6,9,13-14H,7-8H2,1H3,(H,19,20)/t13-,14+,16?/m1/s1. The number of carboxylic acids is 1. The van der Waals surface area contributed by atoms with Crippen molar-refractivity contribution >= 4 is 12.2 Å². The van der Waals surface area contributed by atoms with Gasteiger partial charge in [0.2, 0.25) is 0 Å². The average Bonchev–Trinajstić information content (AvgIpc) is 3.21. The molecule has 1 fully saturated rings. The Morgan fingerprint density at radius 1 is 1.40 bits per heavy atom. The molecular weight excluding hydrogens is 257 g/mol. The summed E-state index contributed by atoms with van der Waals surface area (Å²) < 4.78 is 13.0. The first kappa shape index (κ1) is 13.0. The smallest absolute Gasteiger partial charge is 0.307 e. The van der Waals surface area contributed by atoms with Crippen molar-refractivity contribution in [2.75, 3.05) is 0 Å². The quantitative estimate of drug-likeness (QED) is 0.919. The van der Waals surface area contributed by atoms with Gasteiger partial charge in [0.25, 0.3) is 0 Å². The van der Waals surface area contributed by atoms with Crippen molar-refractivity contribution in [2.45, 2.75) is 25.3 Å². The summed E-state index contributed by atoms with van der Waals surface area (Å²) in [5.74, 6) is -1.11. The van der Waals surface area contributed by atoms with Crippen LogP contribution in [0.2, 0.25) is 0 Å². The van der Waals surface area contributed by atoms with E-state index >= 15 is 0 Å². The van der Waals surface area contributed by atoms with Gasteiger partial charge in [-0.05, 0) is 49.0 Å². The van der Waals surface area contributed by atoms with Gasteiger partial charge in [0.1, 0.15) is 5.82 Å². The van der Waals surface area contributed by atoms with E-state index in [-0.39, 0.29) is 23.2 Å². The first-order valence-electron chi connectivity index (χ1n) is 6.74. The Morgan fingerprint density at radius 3 is 2.60 bits per heavy atom. The van der Waals surface area contributed by atoms with Crippen LogP contribution in [-0.4, -0.2) is 17.3 Å². The van der Waals surface area contributed by atoms with E-state index in [1.807, 2.05) is 6.92 Å². The number of carboxylic acid groups (broad SMARTS) is 1. The molecule has 0 radical (unpaired) electrons. The summed E-state index contributed by atoms with van der Waals surface area (Å²) in [5, 5.41) is 8.95. The van der Waals surface area contributed by atoms with Crippen LogP contribution in [-0.2, 0) is 10.3 Å². The number of dihydropyridines is 1. The summed E-state index contributed by atoms with van der Waals surface area (Å²) in [6.45, 7) is 2.01. The van der Waals surface area contributed by atoms with Gasteiger partial charge in [-0.2, -0.15) is 0 Å². The van der Waals surface area contributed by atoms with Crippen LogP contribution < -0.4 is 0 Å². The number of benzene rings is 1. The predicted octanol–water partition coefficient (Wildman–Crippen LogP) is 3.16. The van der Waals surface area contributed by atoms with Gasteiger partial charge in [0, 0.05) is 6.21 Å². The van der Waals surface area contributed by atoms with Crippen molar-refractivity contribution in [3.63, 3.8) is 0 Å². The number of halogens is 1. The normalized spacial score (nSPS) is 31.8. The van der Waals surface area contributed by atoms with E-state index in [9.17, 15) is 9.18 Å². The molecule has 4 heteroatoms. The van der Waals surface area contributed by atoms with Crippen LogP contribution in [0.15, 0.2) is 40.9 Å². The minimum absolute atomic E-state index is 0.119. The third-order valence-electron chi connectivity index (χ3n) is 4.24. The van der Waals surface area contributed by atoms with Gasteiger partial charge in [-0.25, -0.2) is 4.39 Å². The summed E-state index contributed by atoms with van der Waals surface area (Å²) in [4.78, 5) is 15.5. The molecule has 0 amide bonds. The number of nitrogens with zero attached hydrogens (tertiary/aromatic N) is 1. The van der Waals surface area contributed by atoms with Gasteiger partial charge in [-0.1, -0.05) is 18.2 Å². The van der Waals surface area contributed by atoms with Crippen molar-refractivity contribution in [1.29, 1.82) is 0 Å². The van der Waals surface area contributed by atoms with Gasteiger partial charge in [0.15, 0.2) is 0 Å². The predicted molar refractivity (Wildman–Crippen MR) is 74.2 cm³/mol. The Bertz CT molecular complexity index is 605. The molecule has 0 aromatic heterocycles. The fraction of sp³-hybridized carbons (Fsp3) is 0.375. The number of hydrogen-bond acceptors (Lipinski definition) is 2. The van der Waals surface area contributed by atoms with Crippen molar-refractivity contribution in [3.05, 3.63) is 47.3 Å². The largest absolute Gasteiger partial charge is 0.481 e. The number of aliphatic carboxylic acids is 1. The van der Waals surface area contributed by atoms with Gasteiger partial charge >= 0.3 is 5.97 Å². The summed E-state index contributed by atoms with van der Waals surface area (Å²) in [6.07, 6.45) is 5.29. The highest BCUT2D eigenvalue weighted by Crippen LogP contribution is 2.46. The molecule has 1 saturated carbocycles. The second-order valence-electron chi connectivity index (χ2n) is 5.73. The molecular formula is C16H16FNO2. The zero-order valence-electron chi connectivity index (χ0n) is 11.2. The highest BCUT2D eigenvalue weighted by Gasteiger charge is 2.45. The summed E-state index contributed by atoms with van der Waals surface area (Å²) in [7, 11) is 0. The molecule has 20 heavy (non-hydrogen) atoms. The van der Waals surface area contributed by atoms with E-state index in [0.29, 0.717) is 12.8 Å². The lowest BCUT2D eigenvalue weighted by Crippen LogP contribution is -2.22. The van der Waals surface area contributed by atoms with Gasteiger partial charge in [0.05, 0.1) is 11.5 Å². The minimum Gasteiger partial charge on any atom is -0.481 e. The molecule has 0 saturated heterocycles. The van der Waals surface area contributed by atoms with Crippen LogP contribution >= 0.6 is 0 Å². The molecule has 1 heterocycles. The maximum atomic E-state index is 13.0. The average molecular weight is 273 g/mol. The molecule has 1 aliphatic heterocycles. The zero-order valence-corrected chi connectivity index (χ0v) is 11.2. The zero-order chi connectivity index (χ0) is 14.3. The Hall–Kier alpha value is -1.97. The van der Waals surface area contributed by atoms with Crippen LogP contribution in [0.4, 0.5) is 4.39 Å². The molecule has 1 aliphatic carbocycles. The third kappa shape index (κ3) is 2.26. The van der Waals surface area contributed by atoms with Gasteiger partial charge in [-0.3, -0.25) is 9.79 Å². The fourth-order valence-corrected chi connectivity index (χ4v) is 2.72. The van der Waals surface area contributed by atoms with E-state index < -0.39 is 5.97 Å². The molecule has 104 valence electrons. The van der Waals surface area contributed by atoms with Crippen LogP contribution in [0.3, 0.4) is 0 Å². The molecule has 2 aliphatic rings. The number of allylic oxidation sites excluding steroid dienone is 1. The Labute approximate surface area is 116 Å². The number of hydrogen-bond donors (Lipinski definition) is 1. The van der Waals surface area contributed by atoms with Crippen molar-refractivity contribution in [2.24, 2.45) is 16.8 Å². The second kappa shape index (κ2) is 4.54. The number of rotatable bonds is 3. The molecule has 1 N–H and O–H groups in total. The molecule has 1 aromatic carbocycles. The van der Waals surface area contributed by atoms with E-state index in [1.165, 1.54) is 12.1 Å². The van der Waals surface area contributed by atoms with Crippen molar-refractivity contribution in [3.8, 4) is 0 Å². The Morgan fingerprint density at radius 2 is 2.10 bits per heavy atom. The molecule has 1 unspecified atom stereocenters. The number of carbonyl (C=O) groups is 1. The Balaban J connectivity index is 1.75. The van der Waals surface area contributed by atoms with E-state index in [0.717, 1.165) is 11.1 Å². The summed E-state index contributed by atoms with van der Waals surface area (Å²) >= 11 is 0. The van der Waals surface area contributed by atoms with Crippen LogP contribution in [0.1, 0.15) is 25.3 Å². The maximum Gasteiger partial charge on any atom is 0.307 e. The summed E-state index contributed by atoms with van der Waals surface area (Å²) in [6, 6.07) is 6.39. The lowest BCUT2D eigenvalue weighted by atomic mass is 9.86. The van der Waals surface area contributed by atoms with Crippen molar-refractivity contribution < 1.29 is 14.3 Å². The van der Waals surface area contributed by atoms with E-state index in [2.05, 4.69) is 11.1 Å². The maximum absolute atomic E-state index is 13.0. The van der Waals surface area contributed by atoms with Crippen LogP contribution in [0.25, 0.3) is 0 Å². The third-order valence-corrected chi connectivity index (χ3v) is 4.24. The summed E-state index contributed by atoms with van der Waals surface area (Å²) in [5.41, 5.74) is 1.61. The SMILES string of the molecule is CC1(c2ccc(F)cc2)CC=C([C@H]2C[C@@H]2C(=O)O)C=N1. The Kier molecular flexibility index (Phi) is 2.96. The van der Waals surface area contributed by atoms with Crippen LogP contribution in [0.5, 0.6) is 0 Å². The first-order valence-corrected chi connectivity index (χ1v) is 6.74. The molecule has 0 bridgehead atoms. The molecule has 3 rings (SSSR count). The highest BCUT2D eigenvalue weighted by molar-refractivity contribution is 5.85. The number of aliphatic imine (C=N–C) groups is 1. The highest BCUT2D eigenvalue weighted by atomic mass is 19.1. The van der Waals surface area contributed by atoms with Crippen LogP contribution in [0, 0.1) is 17.7 Å².